The number of methoxy groups -OCH3 is 1. The van der Waals surface area contributed by atoms with Gasteiger partial charge in [-0.3, -0.25) is 0 Å². The first-order valence-electron chi connectivity index (χ1n) is 7.15. The van der Waals surface area contributed by atoms with E-state index >= 15 is 0 Å². The van der Waals surface area contributed by atoms with Crippen LogP contribution < -0.4 is 14.8 Å². The van der Waals surface area contributed by atoms with E-state index in [4.69, 9.17) is 9.47 Å². The third-order valence-electron chi connectivity index (χ3n) is 3.66. The van der Waals surface area contributed by atoms with Gasteiger partial charge in [0, 0.05) is 18.2 Å². The Morgan fingerprint density at radius 1 is 1.05 bits per heavy atom. The number of ether oxygens (including phenoxy) is 2. The molecule has 3 nitrogen and oxygen atoms in total. The molecule has 0 spiro atoms. The average Bonchev–Trinajstić information content (AvgIpc) is 2.48. The van der Waals surface area contributed by atoms with Crippen LogP contribution in [-0.2, 0) is 13.2 Å². The van der Waals surface area contributed by atoms with Gasteiger partial charge >= 0.3 is 0 Å². The lowest BCUT2D eigenvalue weighted by Crippen LogP contribution is -2.08. The van der Waals surface area contributed by atoms with Gasteiger partial charge in [-0.05, 0) is 43.7 Å². The summed E-state index contributed by atoms with van der Waals surface area (Å²) in [5, 5.41) is 3.16. The second-order valence-corrected chi connectivity index (χ2v) is 5.16. The molecule has 2 aromatic rings. The van der Waals surface area contributed by atoms with Crippen molar-refractivity contribution in [2.75, 3.05) is 14.2 Å². The first kappa shape index (κ1) is 15.4. The fraction of sp³-hybridized carbons (Fsp3) is 0.333. The van der Waals surface area contributed by atoms with Crippen LogP contribution in [0.2, 0.25) is 0 Å². The van der Waals surface area contributed by atoms with Crippen molar-refractivity contribution in [3.05, 3.63) is 58.7 Å². The molecule has 0 aliphatic carbocycles. The van der Waals surface area contributed by atoms with Gasteiger partial charge in [0.2, 0.25) is 0 Å². The zero-order valence-corrected chi connectivity index (χ0v) is 13.2. The average molecular weight is 285 g/mol. The van der Waals surface area contributed by atoms with Crippen molar-refractivity contribution in [1.82, 2.24) is 5.32 Å². The number of benzene rings is 2. The van der Waals surface area contributed by atoms with Crippen LogP contribution in [0.25, 0.3) is 0 Å². The monoisotopic (exact) mass is 285 g/mol. The summed E-state index contributed by atoms with van der Waals surface area (Å²) in [5.41, 5.74) is 4.89. The maximum Gasteiger partial charge on any atom is 0.127 e. The van der Waals surface area contributed by atoms with Crippen LogP contribution in [-0.4, -0.2) is 14.2 Å². The molecule has 2 aromatic carbocycles. The molecule has 112 valence electrons. The molecular weight excluding hydrogens is 262 g/mol. The summed E-state index contributed by atoms with van der Waals surface area (Å²) < 4.78 is 11.3. The smallest absolute Gasteiger partial charge is 0.127 e. The van der Waals surface area contributed by atoms with Gasteiger partial charge in [-0.25, -0.2) is 0 Å². The normalized spacial score (nSPS) is 10.5. The molecule has 1 N–H and O–H groups in total. The van der Waals surface area contributed by atoms with Crippen LogP contribution in [0.1, 0.15) is 22.3 Å². The summed E-state index contributed by atoms with van der Waals surface area (Å²) in [4.78, 5) is 0. The number of aryl methyl sites for hydroxylation is 2. The van der Waals surface area contributed by atoms with Gasteiger partial charge in [-0.1, -0.05) is 24.3 Å². The summed E-state index contributed by atoms with van der Waals surface area (Å²) in [7, 11) is 3.60. The van der Waals surface area contributed by atoms with E-state index in [0.717, 1.165) is 23.6 Å². The van der Waals surface area contributed by atoms with Gasteiger partial charge in [0.05, 0.1) is 7.11 Å². The molecule has 3 heteroatoms. The predicted octanol–water partition coefficient (Wildman–Crippen LogP) is 3.61. The fourth-order valence-corrected chi connectivity index (χ4v) is 2.36. The Balaban J connectivity index is 2.22. The van der Waals surface area contributed by atoms with E-state index in [0.29, 0.717) is 6.61 Å². The number of hydrogen-bond acceptors (Lipinski definition) is 3. The number of rotatable bonds is 6. The van der Waals surface area contributed by atoms with Crippen molar-refractivity contribution in [3.8, 4) is 11.5 Å². The van der Waals surface area contributed by atoms with Crippen molar-refractivity contribution in [2.45, 2.75) is 27.0 Å². The molecule has 21 heavy (non-hydrogen) atoms. The minimum Gasteiger partial charge on any atom is -0.497 e. The van der Waals surface area contributed by atoms with Crippen LogP contribution in [0.3, 0.4) is 0 Å². The molecule has 0 unspecified atom stereocenters. The maximum absolute atomic E-state index is 6.06. The summed E-state index contributed by atoms with van der Waals surface area (Å²) in [5.74, 6) is 1.68. The van der Waals surface area contributed by atoms with Crippen molar-refractivity contribution in [2.24, 2.45) is 0 Å². The Labute approximate surface area is 126 Å². The second-order valence-electron chi connectivity index (χ2n) is 5.16. The molecule has 0 radical (unpaired) electrons. The maximum atomic E-state index is 6.06. The summed E-state index contributed by atoms with van der Waals surface area (Å²) >= 11 is 0. The predicted molar refractivity (Wildman–Crippen MR) is 86.0 cm³/mol. The van der Waals surface area contributed by atoms with Crippen LogP contribution in [0.5, 0.6) is 11.5 Å². The molecule has 0 aromatic heterocycles. The highest BCUT2D eigenvalue weighted by atomic mass is 16.5. The standard InChI is InChI=1S/C18H23NO2/c1-13-6-5-7-14(2)17(13)12-21-18-10-16(20-4)9-8-15(18)11-19-3/h5-10,19H,11-12H2,1-4H3. The second kappa shape index (κ2) is 7.14. The Morgan fingerprint density at radius 3 is 2.38 bits per heavy atom. The van der Waals surface area contributed by atoms with Gasteiger partial charge in [-0.2, -0.15) is 0 Å². The Bertz CT molecular complexity index is 588. The largest absolute Gasteiger partial charge is 0.497 e. The number of hydrogen-bond donors (Lipinski definition) is 1. The van der Waals surface area contributed by atoms with Crippen LogP contribution in [0.4, 0.5) is 0 Å². The SMILES string of the molecule is CNCc1ccc(OC)cc1OCc1c(C)cccc1C. The van der Waals surface area contributed by atoms with Gasteiger partial charge in [0.15, 0.2) is 0 Å². The van der Waals surface area contributed by atoms with Crippen molar-refractivity contribution in [1.29, 1.82) is 0 Å². The van der Waals surface area contributed by atoms with Gasteiger partial charge < -0.3 is 14.8 Å². The minimum atomic E-state index is 0.572. The molecular formula is C18H23NO2. The van der Waals surface area contributed by atoms with E-state index in [1.165, 1.54) is 16.7 Å². The summed E-state index contributed by atoms with van der Waals surface area (Å²) in [6.45, 7) is 5.58. The quantitative estimate of drug-likeness (QED) is 0.879. The molecule has 0 aliphatic heterocycles. The fourth-order valence-electron chi connectivity index (χ4n) is 2.36. The molecule has 0 amide bonds. The topological polar surface area (TPSA) is 30.5 Å². The Morgan fingerprint density at radius 2 is 1.76 bits per heavy atom. The molecule has 0 atom stereocenters. The highest BCUT2D eigenvalue weighted by Gasteiger charge is 2.08. The Hall–Kier alpha value is -2.00. The first-order chi connectivity index (χ1) is 10.2. The van der Waals surface area contributed by atoms with Crippen LogP contribution >= 0.6 is 0 Å². The third-order valence-corrected chi connectivity index (χ3v) is 3.66. The van der Waals surface area contributed by atoms with Crippen molar-refractivity contribution < 1.29 is 9.47 Å². The van der Waals surface area contributed by atoms with E-state index in [-0.39, 0.29) is 0 Å². The highest BCUT2D eigenvalue weighted by molar-refractivity contribution is 5.41. The lowest BCUT2D eigenvalue weighted by molar-refractivity contribution is 0.298. The molecule has 0 fully saturated rings. The van der Waals surface area contributed by atoms with E-state index < -0.39 is 0 Å². The summed E-state index contributed by atoms with van der Waals surface area (Å²) in [6, 6.07) is 12.2. The molecule has 0 saturated heterocycles. The van der Waals surface area contributed by atoms with E-state index in [2.05, 4.69) is 37.4 Å². The minimum absolute atomic E-state index is 0.572. The zero-order chi connectivity index (χ0) is 15.2. The van der Waals surface area contributed by atoms with E-state index in [1.807, 2.05) is 25.2 Å². The van der Waals surface area contributed by atoms with E-state index in [1.54, 1.807) is 7.11 Å². The lowest BCUT2D eigenvalue weighted by Gasteiger charge is -2.15. The molecule has 0 bridgehead atoms. The number of nitrogens with one attached hydrogen (secondary N) is 1. The summed E-state index contributed by atoms with van der Waals surface area (Å²) in [6.07, 6.45) is 0. The first-order valence-corrected chi connectivity index (χ1v) is 7.15. The van der Waals surface area contributed by atoms with Crippen molar-refractivity contribution in [3.63, 3.8) is 0 Å². The molecule has 0 aliphatic rings. The zero-order valence-electron chi connectivity index (χ0n) is 13.2. The Kier molecular flexibility index (Phi) is 5.23. The van der Waals surface area contributed by atoms with Crippen molar-refractivity contribution >= 4 is 0 Å². The van der Waals surface area contributed by atoms with Gasteiger partial charge in [0.25, 0.3) is 0 Å². The molecule has 0 saturated carbocycles. The van der Waals surface area contributed by atoms with Crippen LogP contribution in [0, 0.1) is 13.8 Å². The highest BCUT2D eigenvalue weighted by Crippen LogP contribution is 2.26. The molecule has 0 heterocycles. The lowest BCUT2D eigenvalue weighted by atomic mass is 10.0. The van der Waals surface area contributed by atoms with Crippen LogP contribution in [0.15, 0.2) is 36.4 Å². The third kappa shape index (κ3) is 3.76. The van der Waals surface area contributed by atoms with E-state index in [9.17, 15) is 0 Å². The van der Waals surface area contributed by atoms with Gasteiger partial charge in [0.1, 0.15) is 18.1 Å². The molecule has 2 rings (SSSR count). The van der Waals surface area contributed by atoms with Gasteiger partial charge in [-0.15, -0.1) is 0 Å².